The minimum atomic E-state index is -3.05. The molecule has 8 nitrogen and oxygen atoms in total. The minimum Gasteiger partial charge on any atom is -0.462 e. The second kappa shape index (κ2) is 10.5. The molecule has 0 saturated carbocycles. The van der Waals surface area contributed by atoms with Crippen LogP contribution in [-0.2, 0) is 14.6 Å². The smallest absolute Gasteiger partial charge is 0.350 e. The zero-order chi connectivity index (χ0) is 19.7. The van der Waals surface area contributed by atoms with Crippen molar-refractivity contribution >= 4 is 33.1 Å². The molecule has 1 atom stereocenters. The second-order valence-electron chi connectivity index (χ2n) is 5.55. The number of nitrogens with one attached hydrogen (secondary N) is 2. The maximum atomic E-state index is 11.9. The van der Waals surface area contributed by atoms with Gasteiger partial charge < -0.3 is 15.4 Å². The monoisotopic (exact) mass is 404 g/mol. The van der Waals surface area contributed by atoms with Crippen LogP contribution in [0.25, 0.3) is 0 Å². The lowest BCUT2D eigenvalue weighted by Gasteiger charge is -2.16. The Morgan fingerprint density at radius 3 is 2.62 bits per heavy atom. The molecule has 1 heterocycles. The largest absolute Gasteiger partial charge is 0.462 e. The van der Waals surface area contributed by atoms with Gasteiger partial charge in [0.2, 0.25) is 0 Å². The van der Waals surface area contributed by atoms with Crippen molar-refractivity contribution in [2.45, 2.75) is 40.7 Å². The van der Waals surface area contributed by atoms with Crippen molar-refractivity contribution in [3.8, 4) is 0 Å². The predicted octanol–water partition coefficient (Wildman–Crippen LogP) is 1.68. The first kappa shape index (κ1) is 22.4. The number of carbonyl (C=O) groups is 1. The highest BCUT2D eigenvalue weighted by Gasteiger charge is 2.20. The number of ether oxygens (including phenoxy) is 1. The van der Waals surface area contributed by atoms with E-state index in [9.17, 15) is 13.2 Å². The van der Waals surface area contributed by atoms with Crippen LogP contribution in [0.4, 0.5) is 0 Å². The van der Waals surface area contributed by atoms with Crippen molar-refractivity contribution in [3.63, 3.8) is 0 Å². The fourth-order valence-electron chi connectivity index (χ4n) is 2.02. The van der Waals surface area contributed by atoms with Crippen molar-refractivity contribution in [1.29, 1.82) is 0 Å². The number of nitrogens with zero attached hydrogens (tertiary/aromatic N) is 2. The van der Waals surface area contributed by atoms with Gasteiger partial charge in [-0.05, 0) is 27.7 Å². The summed E-state index contributed by atoms with van der Waals surface area (Å²) in [5.41, 5.74) is 0.632. The molecule has 2 N–H and O–H groups in total. The van der Waals surface area contributed by atoms with Gasteiger partial charge in [0.15, 0.2) is 15.8 Å². The Morgan fingerprint density at radius 2 is 2.04 bits per heavy atom. The van der Waals surface area contributed by atoms with Gasteiger partial charge in [-0.2, -0.15) is 0 Å². The molecule has 0 aliphatic heterocycles. The fraction of sp³-hybridized carbons (Fsp3) is 0.688. The Hall–Kier alpha value is -1.68. The quantitative estimate of drug-likeness (QED) is 0.366. The summed E-state index contributed by atoms with van der Waals surface area (Å²) in [4.78, 5) is 21.2. The van der Waals surface area contributed by atoms with E-state index >= 15 is 0 Å². The summed E-state index contributed by atoms with van der Waals surface area (Å²) in [7, 11) is -3.05. The van der Waals surface area contributed by atoms with Gasteiger partial charge in [0.25, 0.3) is 0 Å². The Labute approximate surface area is 159 Å². The Morgan fingerprint density at radius 1 is 1.35 bits per heavy atom. The van der Waals surface area contributed by atoms with Gasteiger partial charge in [-0.3, -0.25) is 4.99 Å². The number of hydrogen-bond donors (Lipinski definition) is 2. The Kier molecular flexibility index (Phi) is 9.00. The van der Waals surface area contributed by atoms with Gasteiger partial charge in [-0.25, -0.2) is 18.2 Å². The van der Waals surface area contributed by atoms with E-state index in [1.807, 2.05) is 13.8 Å². The number of aromatic nitrogens is 1. The van der Waals surface area contributed by atoms with Crippen molar-refractivity contribution in [2.24, 2.45) is 4.99 Å². The highest BCUT2D eigenvalue weighted by Crippen LogP contribution is 2.24. The molecule has 0 amide bonds. The first-order valence-electron chi connectivity index (χ1n) is 8.63. The average molecular weight is 405 g/mol. The maximum Gasteiger partial charge on any atom is 0.350 e. The molecule has 1 unspecified atom stereocenters. The molecule has 0 radical (unpaired) electrons. The van der Waals surface area contributed by atoms with Gasteiger partial charge >= 0.3 is 5.97 Å². The number of rotatable bonds is 9. The van der Waals surface area contributed by atoms with Gasteiger partial charge in [-0.15, -0.1) is 11.3 Å². The van der Waals surface area contributed by atoms with E-state index in [0.717, 1.165) is 5.01 Å². The van der Waals surface area contributed by atoms with Gasteiger partial charge in [0, 0.05) is 12.3 Å². The van der Waals surface area contributed by atoms with Crippen LogP contribution in [0, 0.1) is 6.92 Å². The summed E-state index contributed by atoms with van der Waals surface area (Å²) < 4.78 is 28.2. The maximum absolute atomic E-state index is 11.9. The molecule has 0 saturated heterocycles. The van der Waals surface area contributed by atoms with E-state index in [-0.39, 0.29) is 30.1 Å². The number of sulfone groups is 1. The minimum absolute atomic E-state index is 0.0117. The average Bonchev–Trinajstić information content (AvgIpc) is 2.97. The summed E-state index contributed by atoms with van der Waals surface area (Å²) in [6, 6.07) is -0.192. The van der Waals surface area contributed by atoms with Gasteiger partial charge in [0.1, 0.15) is 9.88 Å². The molecule has 1 aromatic rings. The van der Waals surface area contributed by atoms with Crippen LogP contribution in [0.3, 0.4) is 0 Å². The molecule has 148 valence electrons. The fourth-order valence-corrected chi connectivity index (χ4v) is 3.64. The summed E-state index contributed by atoms with van der Waals surface area (Å²) in [6.07, 6.45) is 0. The van der Waals surface area contributed by atoms with E-state index in [1.54, 1.807) is 20.8 Å². The van der Waals surface area contributed by atoms with Crippen LogP contribution in [0.2, 0.25) is 0 Å². The van der Waals surface area contributed by atoms with E-state index in [0.29, 0.717) is 29.7 Å². The lowest BCUT2D eigenvalue weighted by Crippen LogP contribution is -2.39. The lowest BCUT2D eigenvalue weighted by atomic mass is 10.3. The third-order valence-electron chi connectivity index (χ3n) is 3.45. The number of guanidine groups is 1. The third-order valence-corrected chi connectivity index (χ3v) is 6.46. The van der Waals surface area contributed by atoms with E-state index < -0.39 is 9.84 Å². The van der Waals surface area contributed by atoms with Crippen molar-refractivity contribution in [1.82, 2.24) is 15.6 Å². The molecule has 0 aliphatic carbocycles. The Bertz CT molecular complexity index is 729. The highest BCUT2D eigenvalue weighted by atomic mass is 32.2. The Balaban J connectivity index is 2.82. The van der Waals surface area contributed by atoms with Crippen molar-refractivity contribution < 1.29 is 17.9 Å². The molecule has 26 heavy (non-hydrogen) atoms. The highest BCUT2D eigenvalue weighted by molar-refractivity contribution is 7.91. The standard InChI is InChI=1S/C16H28N4O4S2/c1-6-17-16(18-9-10-26(22,23)8-3)20-12(5)14-19-11(4)13(25-14)15(21)24-7-2/h12H,6-10H2,1-5H3,(H2,17,18,20). The molecular formula is C16H28N4O4S2. The molecule has 0 bridgehead atoms. The number of esters is 1. The third kappa shape index (κ3) is 6.91. The van der Waals surface area contributed by atoms with Crippen LogP contribution >= 0.6 is 11.3 Å². The van der Waals surface area contributed by atoms with Crippen LogP contribution in [0.1, 0.15) is 54.1 Å². The number of aryl methyl sites for hydroxylation is 1. The molecule has 10 heteroatoms. The second-order valence-corrected chi connectivity index (χ2v) is 9.05. The molecule has 0 spiro atoms. The zero-order valence-corrected chi connectivity index (χ0v) is 17.6. The molecule has 0 aromatic carbocycles. The van der Waals surface area contributed by atoms with Crippen molar-refractivity contribution in [2.75, 3.05) is 31.2 Å². The number of aliphatic imine (C=N–C) groups is 1. The molecule has 1 rings (SSSR count). The SMILES string of the molecule is CCNC(=NCCS(=O)(=O)CC)NC(C)c1nc(C)c(C(=O)OCC)s1. The number of hydrogen-bond acceptors (Lipinski definition) is 7. The lowest BCUT2D eigenvalue weighted by molar-refractivity contribution is 0.0531. The van der Waals surface area contributed by atoms with E-state index in [2.05, 4.69) is 20.6 Å². The zero-order valence-electron chi connectivity index (χ0n) is 16.0. The van der Waals surface area contributed by atoms with Gasteiger partial charge in [-0.1, -0.05) is 6.92 Å². The first-order valence-corrected chi connectivity index (χ1v) is 11.3. The van der Waals surface area contributed by atoms with Gasteiger partial charge in [0.05, 0.1) is 30.6 Å². The molecule has 1 aromatic heterocycles. The van der Waals surface area contributed by atoms with E-state index in [4.69, 9.17) is 4.74 Å². The normalized spacial score (nSPS) is 13.3. The first-order chi connectivity index (χ1) is 12.2. The van der Waals surface area contributed by atoms with Crippen LogP contribution < -0.4 is 10.6 Å². The summed E-state index contributed by atoms with van der Waals surface area (Å²) in [6.45, 7) is 10.1. The molecular weight excluding hydrogens is 376 g/mol. The van der Waals surface area contributed by atoms with Crippen LogP contribution in [-0.4, -0.2) is 56.5 Å². The predicted molar refractivity (Wildman–Crippen MR) is 105 cm³/mol. The molecule has 0 fully saturated rings. The summed E-state index contributed by atoms with van der Waals surface area (Å²) in [5.74, 6) is 0.263. The van der Waals surface area contributed by atoms with E-state index in [1.165, 1.54) is 11.3 Å². The topological polar surface area (TPSA) is 110 Å². The summed E-state index contributed by atoms with van der Waals surface area (Å²) >= 11 is 1.28. The number of thiazole rings is 1. The summed E-state index contributed by atoms with van der Waals surface area (Å²) in [5, 5.41) is 7.00. The van der Waals surface area contributed by atoms with Crippen LogP contribution in [0.5, 0.6) is 0 Å². The molecule has 0 aliphatic rings. The van der Waals surface area contributed by atoms with Crippen LogP contribution in [0.15, 0.2) is 4.99 Å². The number of carbonyl (C=O) groups excluding carboxylic acids is 1. The van der Waals surface area contributed by atoms with Crippen molar-refractivity contribution in [3.05, 3.63) is 15.6 Å².